The second kappa shape index (κ2) is 4.67. The summed E-state index contributed by atoms with van der Waals surface area (Å²) in [5, 5.41) is 3.84. The Labute approximate surface area is 101 Å². The Morgan fingerprint density at radius 1 is 1.12 bits per heavy atom. The van der Waals surface area contributed by atoms with Gasteiger partial charge in [0.25, 0.3) is 0 Å². The van der Waals surface area contributed by atoms with Crippen molar-refractivity contribution in [3.05, 3.63) is 47.1 Å². The van der Waals surface area contributed by atoms with Crippen molar-refractivity contribution in [2.45, 2.75) is 32.7 Å². The van der Waals surface area contributed by atoms with E-state index in [9.17, 15) is 0 Å². The van der Waals surface area contributed by atoms with E-state index in [4.69, 9.17) is 10.3 Å². The summed E-state index contributed by atoms with van der Waals surface area (Å²) in [6.45, 7) is 6.08. The summed E-state index contributed by atoms with van der Waals surface area (Å²) < 4.78 is 4.93. The lowest BCUT2D eigenvalue weighted by molar-refractivity contribution is 0.385. The van der Waals surface area contributed by atoms with E-state index in [1.165, 1.54) is 5.56 Å². The number of hydrogen-bond acceptors (Lipinski definition) is 4. The molecule has 0 fully saturated rings. The number of nitrogens with zero attached hydrogens (tertiary/aromatic N) is 2. The SMILES string of the molecule is Cc1nc(C(N)c2ccc(C(C)C)cc2)no1. The van der Waals surface area contributed by atoms with Crippen LogP contribution in [-0.2, 0) is 0 Å². The van der Waals surface area contributed by atoms with Crippen LogP contribution in [0.4, 0.5) is 0 Å². The minimum Gasteiger partial charge on any atom is -0.340 e. The zero-order chi connectivity index (χ0) is 12.4. The summed E-state index contributed by atoms with van der Waals surface area (Å²) in [6, 6.07) is 7.89. The largest absolute Gasteiger partial charge is 0.340 e. The third-order valence-electron chi connectivity index (χ3n) is 2.78. The van der Waals surface area contributed by atoms with Gasteiger partial charge in [0.2, 0.25) is 5.89 Å². The fourth-order valence-corrected chi connectivity index (χ4v) is 1.68. The van der Waals surface area contributed by atoms with Gasteiger partial charge in [-0.3, -0.25) is 0 Å². The van der Waals surface area contributed by atoms with Gasteiger partial charge in [-0.15, -0.1) is 0 Å². The first-order valence-corrected chi connectivity index (χ1v) is 5.73. The first-order valence-electron chi connectivity index (χ1n) is 5.73. The average Bonchev–Trinajstić information content (AvgIpc) is 2.75. The van der Waals surface area contributed by atoms with Crippen LogP contribution in [0.3, 0.4) is 0 Å². The minimum atomic E-state index is -0.325. The maximum atomic E-state index is 6.07. The maximum Gasteiger partial charge on any atom is 0.223 e. The number of rotatable bonds is 3. The van der Waals surface area contributed by atoms with Crippen LogP contribution in [0, 0.1) is 6.92 Å². The molecular weight excluding hydrogens is 214 g/mol. The minimum absolute atomic E-state index is 0.325. The van der Waals surface area contributed by atoms with Gasteiger partial charge in [0, 0.05) is 6.92 Å². The highest BCUT2D eigenvalue weighted by molar-refractivity contribution is 5.29. The molecule has 4 nitrogen and oxygen atoms in total. The predicted molar refractivity (Wildman–Crippen MR) is 65.6 cm³/mol. The van der Waals surface area contributed by atoms with Crippen molar-refractivity contribution >= 4 is 0 Å². The van der Waals surface area contributed by atoms with E-state index < -0.39 is 0 Å². The number of aromatic nitrogens is 2. The summed E-state index contributed by atoms with van der Waals surface area (Å²) in [7, 11) is 0. The zero-order valence-electron chi connectivity index (χ0n) is 10.3. The topological polar surface area (TPSA) is 64.9 Å². The molecule has 0 saturated carbocycles. The van der Waals surface area contributed by atoms with E-state index >= 15 is 0 Å². The molecule has 0 aliphatic rings. The molecule has 2 rings (SSSR count). The average molecular weight is 231 g/mol. The molecule has 0 aliphatic carbocycles. The Hall–Kier alpha value is -1.68. The van der Waals surface area contributed by atoms with Crippen molar-refractivity contribution < 1.29 is 4.52 Å². The van der Waals surface area contributed by atoms with Crippen molar-refractivity contribution in [3.63, 3.8) is 0 Å². The highest BCUT2D eigenvalue weighted by Crippen LogP contribution is 2.20. The van der Waals surface area contributed by atoms with E-state index in [1.807, 2.05) is 12.1 Å². The molecular formula is C13H17N3O. The van der Waals surface area contributed by atoms with Crippen LogP contribution in [0.2, 0.25) is 0 Å². The Kier molecular flexibility index (Phi) is 3.24. The smallest absolute Gasteiger partial charge is 0.223 e. The fraction of sp³-hybridized carbons (Fsp3) is 0.385. The van der Waals surface area contributed by atoms with Gasteiger partial charge in [-0.25, -0.2) is 0 Å². The molecule has 17 heavy (non-hydrogen) atoms. The zero-order valence-corrected chi connectivity index (χ0v) is 10.3. The quantitative estimate of drug-likeness (QED) is 0.881. The van der Waals surface area contributed by atoms with Gasteiger partial charge in [-0.2, -0.15) is 4.98 Å². The fourth-order valence-electron chi connectivity index (χ4n) is 1.68. The molecule has 1 heterocycles. The molecule has 1 atom stereocenters. The van der Waals surface area contributed by atoms with Crippen LogP contribution in [0.5, 0.6) is 0 Å². The van der Waals surface area contributed by atoms with E-state index in [2.05, 4.69) is 36.1 Å². The Morgan fingerprint density at radius 2 is 1.71 bits per heavy atom. The Morgan fingerprint density at radius 3 is 2.18 bits per heavy atom. The van der Waals surface area contributed by atoms with Gasteiger partial charge in [0.15, 0.2) is 5.82 Å². The van der Waals surface area contributed by atoms with Crippen LogP contribution >= 0.6 is 0 Å². The molecule has 0 radical (unpaired) electrons. The van der Waals surface area contributed by atoms with Crippen LogP contribution in [0.25, 0.3) is 0 Å². The highest BCUT2D eigenvalue weighted by atomic mass is 16.5. The van der Waals surface area contributed by atoms with Crippen LogP contribution in [-0.4, -0.2) is 10.1 Å². The van der Waals surface area contributed by atoms with Crippen molar-refractivity contribution in [1.82, 2.24) is 10.1 Å². The van der Waals surface area contributed by atoms with Gasteiger partial charge in [0.1, 0.15) is 0 Å². The van der Waals surface area contributed by atoms with E-state index in [0.717, 1.165) is 5.56 Å². The number of aryl methyl sites for hydroxylation is 1. The number of benzene rings is 1. The molecule has 0 aliphatic heterocycles. The van der Waals surface area contributed by atoms with Crippen molar-refractivity contribution in [3.8, 4) is 0 Å². The summed E-state index contributed by atoms with van der Waals surface area (Å²) in [5.74, 6) is 1.58. The van der Waals surface area contributed by atoms with Crippen molar-refractivity contribution in [1.29, 1.82) is 0 Å². The monoisotopic (exact) mass is 231 g/mol. The van der Waals surface area contributed by atoms with E-state index in [0.29, 0.717) is 17.6 Å². The molecule has 2 N–H and O–H groups in total. The van der Waals surface area contributed by atoms with Crippen molar-refractivity contribution in [2.75, 3.05) is 0 Å². The summed E-state index contributed by atoms with van der Waals surface area (Å²) in [4.78, 5) is 4.14. The Bertz CT molecular complexity index is 488. The molecule has 0 bridgehead atoms. The van der Waals surface area contributed by atoms with Crippen LogP contribution in [0.1, 0.15) is 48.6 Å². The van der Waals surface area contributed by atoms with Gasteiger partial charge in [-0.1, -0.05) is 43.3 Å². The number of nitrogens with two attached hydrogens (primary N) is 1. The lowest BCUT2D eigenvalue weighted by Crippen LogP contribution is -2.13. The van der Waals surface area contributed by atoms with Crippen LogP contribution in [0.15, 0.2) is 28.8 Å². The molecule has 1 aromatic carbocycles. The van der Waals surface area contributed by atoms with E-state index in [1.54, 1.807) is 6.92 Å². The summed E-state index contributed by atoms with van der Waals surface area (Å²) >= 11 is 0. The second-order valence-electron chi connectivity index (χ2n) is 4.47. The number of hydrogen-bond donors (Lipinski definition) is 1. The van der Waals surface area contributed by atoms with Crippen LogP contribution < -0.4 is 5.73 Å². The summed E-state index contributed by atoms with van der Waals surface area (Å²) in [5.41, 5.74) is 8.36. The van der Waals surface area contributed by atoms with Gasteiger partial charge in [-0.05, 0) is 17.0 Å². The van der Waals surface area contributed by atoms with Gasteiger partial charge in [0.05, 0.1) is 6.04 Å². The molecule has 4 heteroatoms. The molecule has 1 unspecified atom stereocenters. The second-order valence-corrected chi connectivity index (χ2v) is 4.47. The Balaban J connectivity index is 2.22. The predicted octanol–water partition coefficient (Wildman–Crippen LogP) is 2.55. The first kappa shape index (κ1) is 11.8. The van der Waals surface area contributed by atoms with Crippen molar-refractivity contribution in [2.24, 2.45) is 5.73 Å². The van der Waals surface area contributed by atoms with Gasteiger partial charge < -0.3 is 10.3 Å². The molecule has 0 amide bonds. The third kappa shape index (κ3) is 2.53. The molecule has 1 aromatic heterocycles. The highest BCUT2D eigenvalue weighted by Gasteiger charge is 2.14. The molecule has 0 spiro atoms. The molecule has 90 valence electrons. The van der Waals surface area contributed by atoms with Gasteiger partial charge >= 0.3 is 0 Å². The maximum absolute atomic E-state index is 6.07. The first-order chi connectivity index (χ1) is 8.08. The third-order valence-corrected chi connectivity index (χ3v) is 2.78. The van der Waals surface area contributed by atoms with E-state index in [-0.39, 0.29) is 6.04 Å². The molecule has 2 aromatic rings. The lowest BCUT2D eigenvalue weighted by Gasteiger charge is -2.10. The standard InChI is InChI=1S/C13H17N3O/c1-8(2)10-4-6-11(7-5-10)12(14)13-15-9(3)17-16-13/h4-8,12H,14H2,1-3H3. The summed E-state index contributed by atoms with van der Waals surface area (Å²) in [6.07, 6.45) is 0. The normalized spacial score (nSPS) is 13.0. The lowest BCUT2D eigenvalue weighted by atomic mass is 9.99. The molecule has 0 saturated heterocycles.